The highest BCUT2D eigenvalue weighted by atomic mass is 35.5. The quantitative estimate of drug-likeness (QED) is 0.602. The fraction of sp³-hybridized carbons (Fsp3) is 0.263. The van der Waals surface area contributed by atoms with Gasteiger partial charge in [0.1, 0.15) is 5.75 Å². The first-order valence-corrected chi connectivity index (χ1v) is 11.2. The molecule has 0 atom stereocenters. The Morgan fingerprint density at radius 1 is 1.13 bits per heavy atom. The van der Waals surface area contributed by atoms with E-state index in [2.05, 4.69) is 15.6 Å². The summed E-state index contributed by atoms with van der Waals surface area (Å²) in [5.41, 5.74) is 5.85. The predicted octanol–water partition coefficient (Wildman–Crippen LogP) is 2.52. The Morgan fingerprint density at radius 2 is 1.90 bits per heavy atom. The molecule has 1 heterocycles. The number of carbonyl (C=O) groups excluding carboxylic acids is 2. The van der Waals surface area contributed by atoms with Crippen molar-refractivity contribution in [3.63, 3.8) is 0 Å². The lowest BCUT2D eigenvalue weighted by molar-refractivity contribution is -0.121. The summed E-state index contributed by atoms with van der Waals surface area (Å²) in [6.45, 7) is 1.62. The first kappa shape index (κ1) is 21.9. The van der Waals surface area contributed by atoms with E-state index in [1.165, 1.54) is 11.8 Å². The smallest absolute Gasteiger partial charge is 0.341 e. The highest BCUT2D eigenvalue weighted by Crippen LogP contribution is 2.40. The number of urea groups is 1. The second-order valence-corrected chi connectivity index (χ2v) is 8.97. The average Bonchev–Trinajstić information content (AvgIpc) is 2.88. The molecule has 2 aromatic rings. The third kappa shape index (κ3) is 5.41. The minimum Gasteiger partial charge on any atom is -0.455 e. The van der Waals surface area contributed by atoms with Crippen LogP contribution >= 0.6 is 11.6 Å². The lowest BCUT2D eigenvalue weighted by Crippen LogP contribution is -2.49. The van der Waals surface area contributed by atoms with E-state index < -0.39 is 22.0 Å². The minimum absolute atomic E-state index is 0.0682. The largest absolute Gasteiger partial charge is 0.455 e. The number of benzene rings is 2. The van der Waals surface area contributed by atoms with E-state index in [4.69, 9.17) is 16.3 Å². The molecule has 1 aliphatic rings. The number of nitrogens with one attached hydrogen (secondary N) is 3. The van der Waals surface area contributed by atoms with Gasteiger partial charge in [0.05, 0.1) is 18.0 Å². The van der Waals surface area contributed by atoms with Crippen LogP contribution in [0.4, 0.5) is 10.5 Å². The van der Waals surface area contributed by atoms with Gasteiger partial charge < -0.3 is 4.74 Å². The Kier molecular flexibility index (Phi) is 6.80. The van der Waals surface area contributed by atoms with Gasteiger partial charge >= 0.3 is 6.03 Å². The Hall–Kier alpha value is -2.82. The molecule has 0 fully saturated rings. The van der Waals surface area contributed by atoms with Crippen molar-refractivity contribution in [2.75, 3.05) is 17.2 Å². The van der Waals surface area contributed by atoms with E-state index in [0.29, 0.717) is 22.2 Å². The maximum Gasteiger partial charge on any atom is 0.341 e. The molecule has 1 aliphatic heterocycles. The maximum atomic E-state index is 12.8. The zero-order chi connectivity index (χ0) is 21.7. The van der Waals surface area contributed by atoms with Crippen LogP contribution < -0.4 is 25.2 Å². The van der Waals surface area contributed by atoms with Gasteiger partial charge in [0, 0.05) is 23.6 Å². The van der Waals surface area contributed by atoms with E-state index >= 15 is 0 Å². The number of rotatable bonds is 5. The number of para-hydroxylation sites is 1. The molecule has 0 radical (unpaired) electrons. The molecule has 2 aromatic carbocycles. The molecule has 160 valence electrons. The number of hydrazine groups is 1. The molecule has 0 saturated carbocycles. The zero-order valence-corrected chi connectivity index (χ0v) is 17.7. The second kappa shape index (κ2) is 9.33. The molecule has 0 unspecified atom stereocenters. The van der Waals surface area contributed by atoms with Gasteiger partial charge in [-0.25, -0.2) is 23.4 Å². The summed E-state index contributed by atoms with van der Waals surface area (Å²) >= 11 is 6.10. The fourth-order valence-electron chi connectivity index (χ4n) is 2.75. The maximum absolute atomic E-state index is 12.8. The van der Waals surface area contributed by atoms with E-state index in [1.807, 2.05) is 18.2 Å². The zero-order valence-electron chi connectivity index (χ0n) is 16.1. The Balaban J connectivity index is 1.69. The van der Waals surface area contributed by atoms with Crippen LogP contribution in [0.15, 0.2) is 42.5 Å². The lowest BCUT2D eigenvalue weighted by Gasteiger charge is -2.22. The summed E-state index contributed by atoms with van der Waals surface area (Å²) in [6, 6.07) is 11.6. The Bertz CT molecular complexity index is 1060. The summed E-state index contributed by atoms with van der Waals surface area (Å²) in [7, 11) is -3.39. The number of hydrogen-bond donors (Lipinski definition) is 3. The van der Waals surface area contributed by atoms with Crippen LogP contribution in [0.3, 0.4) is 0 Å². The van der Waals surface area contributed by atoms with Gasteiger partial charge in [-0.1, -0.05) is 29.8 Å². The molecule has 3 amide bonds. The van der Waals surface area contributed by atoms with Crippen LogP contribution in [0, 0.1) is 0 Å². The van der Waals surface area contributed by atoms with Crippen molar-refractivity contribution in [1.29, 1.82) is 0 Å². The number of hydrogen-bond acceptors (Lipinski definition) is 5. The third-order valence-corrected chi connectivity index (χ3v) is 5.98. The summed E-state index contributed by atoms with van der Waals surface area (Å²) in [5, 5.41) is 0.424. The number of amides is 3. The molecule has 0 aromatic heterocycles. The normalized spacial score (nSPS) is 12.8. The number of halogens is 1. The molecule has 0 spiro atoms. The van der Waals surface area contributed by atoms with Crippen LogP contribution in [0.5, 0.6) is 11.5 Å². The van der Waals surface area contributed by atoms with E-state index in [-0.39, 0.29) is 25.3 Å². The van der Waals surface area contributed by atoms with Crippen molar-refractivity contribution in [2.24, 2.45) is 0 Å². The molecule has 0 saturated heterocycles. The van der Waals surface area contributed by atoms with Gasteiger partial charge in [-0.3, -0.25) is 15.1 Å². The SMILES string of the molecule is CCS(=O)(=O)NCCC(=O)NNC(=O)N1Cc2ccccc2Oc2ccc(Cl)cc21. The summed E-state index contributed by atoms with van der Waals surface area (Å²) in [5.74, 6) is 0.439. The molecular weight excluding hydrogens is 432 g/mol. The predicted molar refractivity (Wildman–Crippen MR) is 113 cm³/mol. The number of carbonyl (C=O) groups is 2. The Morgan fingerprint density at radius 3 is 2.67 bits per heavy atom. The van der Waals surface area contributed by atoms with Gasteiger partial charge in [0.15, 0.2) is 5.75 Å². The topological polar surface area (TPSA) is 117 Å². The fourth-order valence-corrected chi connectivity index (χ4v) is 3.54. The highest BCUT2D eigenvalue weighted by molar-refractivity contribution is 7.89. The van der Waals surface area contributed by atoms with Gasteiger partial charge in [0.25, 0.3) is 0 Å². The van der Waals surface area contributed by atoms with Gasteiger partial charge in [0.2, 0.25) is 15.9 Å². The number of nitrogens with zero attached hydrogens (tertiary/aromatic N) is 1. The van der Waals surface area contributed by atoms with Crippen molar-refractivity contribution < 1.29 is 22.7 Å². The molecule has 0 aliphatic carbocycles. The summed E-state index contributed by atoms with van der Waals surface area (Å²) in [4.78, 5) is 26.1. The van der Waals surface area contributed by atoms with Crippen molar-refractivity contribution >= 4 is 39.2 Å². The van der Waals surface area contributed by atoms with E-state index in [9.17, 15) is 18.0 Å². The number of fused-ring (bicyclic) bond motifs is 2. The van der Waals surface area contributed by atoms with Gasteiger partial charge in [-0.15, -0.1) is 0 Å². The van der Waals surface area contributed by atoms with Gasteiger partial charge in [-0.05, 0) is 31.2 Å². The molecule has 30 heavy (non-hydrogen) atoms. The first-order chi connectivity index (χ1) is 14.3. The number of ether oxygens (including phenoxy) is 1. The minimum atomic E-state index is -3.39. The van der Waals surface area contributed by atoms with Crippen molar-refractivity contribution in [3.8, 4) is 11.5 Å². The highest BCUT2D eigenvalue weighted by Gasteiger charge is 2.26. The molecular formula is C19H21ClN4O5S. The molecule has 11 heteroatoms. The molecule has 0 bridgehead atoms. The van der Waals surface area contributed by atoms with Crippen LogP contribution in [0.2, 0.25) is 5.02 Å². The molecule has 3 rings (SSSR count). The van der Waals surface area contributed by atoms with Crippen LogP contribution in [-0.4, -0.2) is 32.7 Å². The monoisotopic (exact) mass is 452 g/mol. The standard InChI is InChI=1S/C19H21ClN4O5S/c1-2-30(27,28)21-10-9-18(25)22-23-19(26)24-12-13-5-3-4-6-16(13)29-17-8-7-14(20)11-15(17)24/h3-8,11,21H,2,9-10,12H2,1H3,(H,22,25)(H,23,26). The van der Waals surface area contributed by atoms with Gasteiger partial charge in [-0.2, -0.15) is 0 Å². The summed E-state index contributed by atoms with van der Waals surface area (Å²) in [6.07, 6.45) is -0.131. The average molecular weight is 453 g/mol. The molecule has 3 N–H and O–H groups in total. The lowest BCUT2D eigenvalue weighted by atomic mass is 10.2. The Labute approximate surface area is 179 Å². The van der Waals surface area contributed by atoms with E-state index in [1.54, 1.807) is 24.3 Å². The van der Waals surface area contributed by atoms with Crippen molar-refractivity contribution in [1.82, 2.24) is 15.6 Å². The number of sulfonamides is 1. The van der Waals surface area contributed by atoms with Crippen molar-refractivity contribution in [2.45, 2.75) is 19.9 Å². The second-order valence-electron chi connectivity index (χ2n) is 6.43. The van der Waals surface area contributed by atoms with Crippen LogP contribution in [0.25, 0.3) is 0 Å². The van der Waals surface area contributed by atoms with E-state index in [0.717, 1.165) is 5.56 Å². The van der Waals surface area contributed by atoms with Crippen LogP contribution in [0.1, 0.15) is 18.9 Å². The first-order valence-electron chi connectivity index (χ1n) is 9.18. The number of anilines is 1. The summed E-state index contributed by atoms with van der Waals surface area (Å²) < 4.78 is 31.0. The van der Waals surface area contributed by atoms with Crippen molar-refractivity contribution in [3.05, 3.63) is 53.1 Å². The molecule has 9 nitrogen and oxygen atoms in total. The van der Waals surface area contributed by atoms with Crippen LogP contribution in [-0.2, 0) is 21.4 Å². The third-order valence-electron chi connectivity index (χ3n) is 4.34.